The molecule has 0 saturated heterocycles. The van der Waals surface area contributed by atoms with Crippen LogP contribution in [-0.2, 0) is 12.9 Å². The normalized spacial score (nSPS) is 9.91. The third-order valence-electron chi connectivity index (χ3n) is 1.67. The van der Waals surface area contributed by atoms with E-state index in [0.29, 0.717) is 12.9 Å². The van der Waals surface area contributed by atoms with Crippen LogP contribution in [0.15, 0.2) is 18.2 Å². The molecule has 0 aliphatic carbocycles. The highest BCUT2D eigenvalue weighted by molar-refractivity contribution is 6.08. The molecule has 2 nitrogen and oxygen atoms in total. The van der Waals surface area contributed by atoms with E-state index in [0.717, 1.165) is 16.8 Å². The van der Waals surface area contributed by atoms with Crippen molar-refractivity contribution in [1.82, 2.24) is 0 Å². The van der Waals surface area contributed by atoms with E-state index >= 15 is 0 Å². The first-order chi connectivity index (χ1) is 5.27. The molecule has 3 heteroatoms. The number of hydrogen-bond acceptors (Lipinski definition) is 2. The molecular weight excluding hydrogens is 135 g/mol. The van der Waals surface area contributed by atoms with Crippen molar-refractivity contribution in [3.8, 4) is 0 Å². The Hall–Kier alpha value is -0.955. The Morgan fingerprint density at radius 2 is 2.00 bits per heavy atom. The van der Waals surface area contributed by atoms with Gasteiger partial charge in [-0.2, -0.15) is 0 Å². The molecule has 0 fully saturated rings. The van der Waals surface area contributed by atoms with Crippen molar-refractivity contribution in [1.29, 1.82) is 0 Å². The van der Waals surface area contributed by atoms with Crippen LogP contribution in [0.5, 0.6) is 0 Å². The maximum Gasteiger partial charge on any atom is 0.0716 e. The van der Waals surface area contributed by atoms with Gasteiger partial charge in [0.15, 0.2) is 0 Å². The molecule has 0 spiro atoms. The standard InChI is InChI=1S/C8H11BN2/c9-4-6-1-2-8(11)3-7(6)5-10/h1-3H,4-5,10-11H2. The molecule has 0 amide bonds. The Bertz CT molecular complexity index is 248. The largest absolute Gasteiger partial charge is 0.399 e. The van der Waals surface area contributed by atoms with E-state index in [1.807, 2.05) is 18.2 Å². The first-order valence-electron chi connectivity index (χ1n) is 3.55. The highest BCUT2D eigenvalue weighted by atomic mass is 14.6. The molecule has 11 heavy (non-hydrogen) atoms. The summed E-state index contributed by atoms with van der Waals surface area (Å²) >= 11 is 0. The van der Waals surface area contributed by atoms with Gasteiger partial charge in [-0.3, -0.25) is 0 Å². The van der Waals surface area contributed by atoms with Crippen LogP contribution in [0.1, 0.15) is 11.1 Å². The van der Waals surface area contributed by atoms with Gasteiger partial charge < -0.3 is 11.5 Å². The minimum absolute atomic E-state index is 0.498. The molecule has 1 aromatic rings. The van der Waals surface area contributed by atoms with Crippen molar-refractivity contribution in [2.24, 2.45) is 5.73 Å². The van der Waals surface area contributed by atoms with E-state index in [1.165, 1.54) is 0 Å². The van der Waals surface area contributed by atoms with Crippen LogP contribution in [0.25, 0.3) is 0 Å². The average molecular weight is 146 g/mol. The molecule has 4 N–H and O–H groups in total. The number of hydrogen-bond donors (Lipinski definition) is 2. The lowest BCUT2D eigenvalue weighted by atomic mass is 9.93. The third-order valence-corrected chi connectivity index (χ3v) is 1.67. The zero-order chi connectivity index (χ0) is 8.27. The van der Waals surface area contributed by atoms with Gasteiger partial charge in [0.25, 0.3) is 0 Å². The summed E-state index contributed by atoms with van der Waals surface area (Å²) in [7, 11) is 5.48. The van der Waals surface area contributed by atoms with Crippen LogP contribution in [-0.4, -0.2) is 7.85 Å². The Kier molecular flexibility index (Phi) is 2.55. The van der Waals surface area contributed by atoms with Gasteiger partial charge in [-0.15, -0.1) is 0 Å². The molecule has 0 aliphatic heterocycles. The first-order valence-corrected chi connectivity index (χ1v) is 3.55. The minimum atomic E-state index is 0.498. The summed E-state index contributed by atoms with van der Waals surface area (Å²) in [6, 6.07) is 5.61. The summed E-state index contributed by atoms with van der Waals surface area (Å²) in [6.07, 6.45) is 0.521. The lowest BCUT2D eigenvalue weighted by Crippen LogP contribution is -2.02. The van der Waals surface area contributed by atoms with Crippen LogP contribution in [0.4, 0.5) is 5.69 Å². The maximum atomic E-state index is 5.56. The number of anilines is 1. The smallest absolute Gasteiger partial charge is 0.0716 e. The van der Waals surface area contributed by atoms with Gasteiger partial charge in [-0.25, -0.2) is 0 Å². The second kappa shape index (κ2) is 3.44. The highest BCUT2D eigenvalue weighted by Gasteiger charge is 1.97. The number of benzene rings is 1. The SMILES string of the molecule is [B]Cc1ccc(N)cc1CN. The zero-order valence-corrected chi connectivity index (χ0v) is 6.38. The van der Waals surface area contributed by atoms with E-state index in [1.54, 1.807) is 0 Å². The number of rotatable bonds is 2. The number of nitrogens with two attached hydrogens (primary N) is 2. The molecule has 1 aromatic carbocycles. The summed E-state index contributed by atoms with van der Waals surface area (Å²) in [6.45, 7) is 0.498. The molecule has 0 atom stereocenters. The van der Waals surface area contributed by atoms with Gasteiger partial charge in [0.2, 0.25) is 0 Å². The van der Waals surface area contributed by atoms with Gasteiger partial charge in [-0.05, 0) is 17.7 Å². The van der Waals surface area contributed by atoms with Crippen molar-refractivity contribution in [3.05, 3.63) is 29.3 Å². The summed E-state index contributed by atoms with van der Waals surface area (Å²) in [5, 5.41) is 0. The van der Waals surface area contributed by atoms with Gasteiger partial charge in [0.1, 0.15) is 0 Å². The summed E-state index contributed by atoms with van der Waals surface area (Å²) in [4.78, 5) is 0. The molecule has 0 unspecified atom stereocenters. The summed E-state index contributed by atoms with van der Waals surface area (Å²) < 4.78 is 0. The summed E-state index contributed by atoms with van der Waals surface area (Å²) in [5.74, 6) is 0. The fourth-order valence-electron chi connectivity index (χ4n) is 1.04. The van der Waals surface area contributed by atoms with Crippen molar-refractivity contribution in [2.75, 3.05) is 5.73 Å². The van der Waals surface area contributed by atoms with Gasteiger partial charge in [0, 0.05) is 12.2 Å². The Labute approximate surface area is 68.0 Å². The Balaban J connectivity index is 3.06. The van der Waals surface area contributed by atoms with Crippen molar-refractivity contribution in [2.45, 2.75) is 12.9 Å². The monoisotopic (exact) mass is 146 g/mol. The molecule has 1 rings (SSSR count). The van der Waals surface area contributed by atoms with Crippen LogP contribution < -0.4 is 11.5 Å². The van der Waals surface area contributed by atoms with Crippen LogP contribution in [0.2, 0.25) is 0 Å². The first kappa shape index (κ1) is 8.14. The molecule has 2 radical (unpaired) electrons. The zero-order valence-electron chi connectivity index (χ0n) is 6.38. The lowest BCUT2D eigenvalue weighted by molar-refractivity contribution is 1.04. The summed E-state index contributed by atoms with van der Waals surface area (Å²) in [5.41, 5.74) is 13.9. The van der Waals surface area contributed by atoms with Gasteiger partial charge in [0.05, 0.1) is 7.85 Å². The average Bonchev–Trinajstić information content (AvgIpc) is 2.04. The van der Waals surface area contributed by atoms with Crippen LogP contribution in [0.3, 0.4) is 0 Å². The van der Waals surface area contributed by atoms with E-state index < -0.39 is 0 Å². The third kappa shape index (κ3) is 1.74. The lowest BCUT2D eigenvalue weighted by Gasteiger charge is -2.05. The van der Waals surface area contributed by atoms with Crippen LogP contribution in [0, 0.1) is 0 Å². The molecular formula is C8H11BN2. The quantitative estimate of drug-likeness (QED) is 0.468. The van der Waals surface area contributed by atoms with E-state index in [4.69, 9.17) is 19.3 Å². The second-order valence-corrected chi connectivity index (χ2v) is 2.44. The second-order valence-electron chi connectivity index (χ2n) is 2.44. The Morgan fingerprint density at radius 1 is 1.27 bits per heavy atom. The predicted octanol–water partition coefficient (Wildman–Crippen LogP) is 0.396. The Morgan fingerprint density at radius 3 is 2.55 bits per heavy atom. The topological polar surface area (TPSA) is 52.0 Å². The molecule has 0 aromatic heterocycles. The molecule has 0 aliphatic rings. The van der Waals surface area contributed by atoms with Crippen molar-refractivity contribution < 1.29 is 0 Å². The van der Waals surface area contributed by atoms with Crippen molar-refractivity contribution in [3.63, 3.8) is 0 Å². The highest BCUT2D eigenvalue weighted by Crippen LogP contribution is 2.12. The van der Waals surface area contributed by atoms with Gasteiger partial charge >= 0.3 is 0 Å². The molecule has 0 bridgehead atoms. The van der Waals surface area contributed by atoms with E-state index in [9.17, 15) is 0 Å². The molecule has 0 saturated carbocycles. The fourth-order valence-corrected chi connectivity index (χ4v) is 1.04. The van der Waals surface area contributed by atoms with Gasteiger partial charge in [-0.1, -0.05) is 17.9 Å². The maximum absolute atomic E-state index is 5.56. The fraction of sp³-hybridized carbons (Fsp3) is 0.250. The molecule has 0 heterocycles. The van der Waals surface area contributed by atoms with E-state index in [-0.39, 0.29) is 0 Å². The molecule has 56 valence electrons. The number of nitrogen functional groups attached to an aromatic ring is 1. The van der Waals surface area contributed by atoms with Crippen molar-refractivity contribution >= 4 is 13.5 Å². The van der Waals surface area contributed by atoms with Crippen LogP contribution >= 0.6 is 0 Å². The predicted molar refractivity (Wildman–Crippen MR) is 48.2 cm³/mol. The van der Waals surface area contributed by atoms with E-state index in [2.05, 4.69) is 0 Å². The minimum Gasteiger partial charge on any atom is -0.399 e.